The highest BCUT2D eigenvalue weighted by Gasteiger charge is 2.01. The number of hydrogen-bond donors (Lipinski definition) is 0. The number of carbonyl (C=O) groups excluding carboxylic acids is 1. The van der Waals surface area contributed by atoms with Gasteiger partial charge >= 0.3 is 0 Å². The van der Waals surface area contributed by atoms with Crippen molar-refractivity contribution in [2.75, 3.05) is 7.11 Å². The van der Waals surface area contributed by atoms with Gasteiger partial charge in [-0.3, -0.25) is 4.79 Å². The predicted molar refractivity (Wildman–Crippen MR) is 52.3 cm³/mol. The molecular weight excluding hydrogens is 164 g/mol. The van der Waals surface area contributed by atoms with Gasteiger partial charge in [0.25, 0.3) is 0 Å². The van der Waals surface area contributed by atoms with Crippen LogP contribution in [-0.4, -0.2) is 13.4 Å². The highest BCUT2D eigenvalue weighted by atomic mass is 16.5. The largest absolute Gasteiger partial charge is 0.497 e. The third-order valence-electron chi connectivity index (χ3n) is 1.84. The topological polar surface area (TPSA) is 26.3 Å². The predicted octanol–water partition coefficient (Wildman–Crippen LogP) is 2.24. The molecule has 68 valence electrons. The lowest BCUT2D eigenvalue weighted by Gasteiger charge is -2.04. The first-order valence-electron chi connectivity index (χ1n) is 4.04. The third kappa shape index (κ3) is 2.18. The molecule has 0 spiro atoms. The fraction of sp³-hybridized carbons (Fsp3) is 0.182. The van der Waals surface area contributed by atoms with Crippen molar-refractivity contribution >= 4 is 6.29 Å². The van der Waals surface area contributed by atoms with E-state index in [9.17, 15) is 4.79 Å². The number of methoxy groups -OCH3 is 1. The lowest BCUT2D eigenvalue weighted by atomic mass is 10.1. The van der Waals surface area contributed by atoms with E-state index in [1.165, 1.54) is 0 Å². The first kappa shape index (κ1) is 9.52. The normalized spacial score (nSPS) is 9.31. The molecule has 0 saturated carbocycles. The van der Waals surface area contributed by atoms with E-state index in [2.05, 4.69) is 6.58 Å². The van der Waals surface area contributed by atoms with Gasteiger partial charge in [0, 0.05) is 5.56 Å². The summed E-state index contributed by atoms with van der Waals surface area (Å²) in [5.74, 6) is 0.704. The Morgan fingerprint density at radius 2 is 2.31 bits per heavy atom. The average molecular weight is 176 g/mol. The van der Waals surface area contributed by atoms with Crippen LogP contribution in [0.2, 0.25) is 0 Å². The van der Waals surface area contributed by atoms with Gasteiger partial charge in [-0.05, 0) is 24.1 Å². The Morgan fingerprint density at radius 1 is 1.54 bits per heavy atom. The van der Waals surface area contributed by atoms with E-state index in [-0.39, 0.29) is 0 Å². The summed E-state index contributed by atoms with van der Waals surface area (Å²) in [4.78, 5) is 10.7. The molecule has 0 atom stereocenters. The van der Waals surface area contributed by atoms with Crippen LogP contribution in [0.15, 0.2) is 30.9 Å². The van der Waals surface area contributed by atoms with Crippen LogP contribution in [-0.2, 0) is 6.42 Å². The maximum atomic E-state index is 10.7. The van der Waals surface area contributed by atoms with Gasteiger partial charge in [0.2, 0.25) is 0 Å². The molecule has 0 amide bonds. The molecule has 0 aliphatic rings. The van der Waals surface area contributed by atoms with E-state index in [1.807, 2.05) is 12.1 Å². The van der Waals surface area contributed by atoms with E-state index in [0.29, 0.717) is 17.7 Å². The fourth-order valence-corrected chi connectivity index (χ4v) is 1.15. The van der Waals surface area contributed by atoms with Crippen molar-refractivity contribution in [3.8, 4) is 5.75 Å². The summed E-state index contributed by atoms with van der Waals surface area (Å²) >= 11 is 0. The van der Waals surface area contributed by atoms with Crippen molar-refractivity contribution in [1.82, 2.24) is 0 Å². The zero-order valence-corrected chi connectivity index (χ0v) is 7.62. The van der Waals surface area contributed by atoms with Gasteiger partial charge in [0.05, 0.1) is 7.11 Å². The van der Waals surface area contributed by atoms with Crippen molar-refractivity contribution in [3.63, 3.8) is 0 Å². The minimum atomic E-state index is 0.666. The van der Waals surface area contributed by atoms with Crippen molar-refractivity contribution in [2.45, 2.75) is 6.42 Å². The van der Waals surface area contributed by atoms with E-state index >= 15 is 0 Å². The Labute approximate surface area is 77.8 Å². The summed E-state index contributed by atoms with van der Waals surface area (Å²) in [6, 6.07) is 5.45. The molecule has 0 heterocycles. The average Bonchev–Trinajstić information content (AvgIpc) is 2.19. The van der Waals surface area contributed by atoms with Crippen LogP contribution in [0.5, 0.6) is 5.75 Å². The van der Waals surface area contributed by atoms with Gasteiger partial charge in [-0.2, -0.15) is 0 Å². The van der Waals surface area contributed by atoms with Crippen molar-refractivity contribution in [3.05, 3.63) is 42.0 Å². The number of ether oxygens (including phenoxy) is 1. The Hall–Kier alpha value is -1.57. The Bertz CT molecular complexity index is 316. The minimum Gasteiger partial charge on any atom is -0.497 e. The molecule has 0 aromatic heterocycles. The van der Waals surface area contributed by atoms with Crippen LogP contribution in [0.1, 0.15) is 15.9 Å². The van der Waals surface area contributed by atoms with Gasteiger partial charge < -0.3 is 4.74 Å². The molecule has 0 fully saturated rings. The SMILES string of the molecule is C=CCc1ccc(OC)cc1C=O. The van der Waals surface area contributed by atoms with Gasteiger partial charge in [-0.1, -0.05) is 12.1 Å². The van der Waals surface area contributed by atoms with Crippen LogP contribution < -0.4 is 4.74 Å². The quantitative estimate of drug-likeness (QED) is 0.519. The smallest absolute Gasteiger partial charge is 0.150 e. The Kier molecular flexibility index (Phi) is 3.26. The third-order valence-corrected chi connectivity index (χ3v) is 1.84. The number of hydrogen-bond acceptors (Lipinski definition) is 2. The number of allylic oxidation sites excluding steroid dienone is 1. The van der Waals surface area contributed by atoms with Gasteiger partial charge in [0.1, 0.15) is 12.0 Å². The summed E-state index contributed by atoms with van der Waals surface area (Å²) < 4.78 is 5.01. The summed E-state index contributed by atoms with van der Waals surface area (Å²) in [5, 5.41) is 0. The molecule has 1 aromatic carbocycles. The molecule has 1 aromatic rings. The van der Waals surface area contributed by atoms with E-state index < -0.39 is 0 Å². The summed E-state index contributed by atoms with van der Waals surface area (Å²) in [6.07, 6.45) is 3.31. The molecule has 0 aliphatic carbocycles. The van der Waals surface area contributed by atoms with Crippen LogP contribution in [0.3, 0.4) is 0 Å². The lowest BCUT2D eigenvalue weighted by molar-refractivity contribution is 0.112. The van der Waals surface area contributed by atoms with Crippen molar-refractivity contribution < 1.29 is 9.53 Å². The second-order valence-electron chi connectivity index (χ2n) is 2.68. The number of aldehydes is 1. The number of rotatable bonds is 4. The van der Waals surface area contributed by atoms with Crippen LogP contribution in [0, 0.1) is 0 Å². The first-order chi connectivity index (χ1) is 6.31. The van der Waals surface area contributed by atoms with Crippen LogP contribution >= 0.6 is 0 Å². The highest BCUT2D eigenvalue weighted by Crippen LogP contribution is 2.16. The van der Waals surface area contributed by atoms with Gasteiger partial charge in [-0.25, -0.2) is 0 Å². The monoisotopic (exact) mass is 176 g/mol. The first-order valence-corrected chi connectivity index (χ1v) is 4.04. The molecule has 2 nitrogen and oxygen atoms in total. The molecule has 0 saturated heterocycles. The van der Waals surface area contributed by atoms with Crippen molar-refractivity contribution in [1.29, 1.82) is 0 Å². The van der Waals surface area contributed by atoms with Crippen molar-refractivity contribution in [2.24, 2.45) is 0 Å². The highest BCUT2D eigenvalue weighted by molar-refractivity contribution is 5.78. The van der Waals surface area contributed by atoms with E-state index in [4.69, 9.17) is 4.74 Å². The lowest BCUT2D eigenvalue weighted by Crippen LogP contribution is -1.92. The standard InChI is InChI=1S/C11H12O2/c1-3-4-9-5-6-11(13-2)7-10(9)8-12/h3,5-8H,1,4H2,2H3. The van der Waals surface area contributed by atoms with Crippen LogP contribution in [0.4, 0.5) is 0 Å². The Balaban J connectivity index is 3.07. The maximum Gasteiger partial charge on any atom is 0.150 e. The molecule has 0 bridgehead atoms. The molecule has 0 aliphatic heterocycles. The molecule has 0 N–H and O–H groups in total. The molecular formula is C11H12O2. The van der Waals surface area contributed by atoms with Gasteiger partial charge in [0.15, 0.2) is 0 Å². The number of carbonyl (C=O) groups is 1. The fourth-order valence-electron chi connectivity index (χ4n) is 1.15. The summed E-state index contributed by atoms with van der Waals surface area (Å²) in [6.45, 7) is 3.63. The molecule has 2 heteroatoms. The second-order valence-corrected chi connectivity index (χ2v) is 2.68. The molecule has 0 radical (unpaired) electrons. The minimum absolute atomic E-state index is 0.666. The maximum absolute atomic E-state index is 10.7. The van der Waals surface area contributed by atoms with Crippen LogP contribution in [0.25, 0.3) is 0 Å². The molecule has 13 heavy (non-hydrogen) atoms. The van der Waals surface area contributed by atoms with Gasteiger partial charge in [-0.15, -0.1) is 6.58 Å². The van der Waals surface area contributed by atoms with E-state index in [0.717, 1.165) is 11.8 Å². The second kappa shape index (κ2) is 4.45. The number of benzene rings is 1. The Morgan fingerprint density at radius 3 is 2.85 bits per heavy atom. The van der Waals surface area contributed by atoms with E-state index in [1.54, 1.807) is 19.3 Å². The molecule has 1 rings (SSSR count). The zero-order chi connectivity index (χ0) is 9.68. The summed E-state index contributed by atoms with van der Waals surface area (Å²) in [5.41, 5.74) is 1.64. The summed E-state index contributed by atoms with van der Waals surface area (Å²) in [7, 11) is 1.58. The molecule has 0 unspecified atom stereocenters. The zero-order valence-electron chi connectivity index (χ0n) is 7.62.